The molecule has 2 aromatic rings. The molecule has 9 nitrogen and oxygen atoms in total. The van der Waals surface area contributed by atoms with E-state index in [-0.39, 0.29) is 35.0 Å². The fraction of sp³-hybridized carbons (Fsp3) is 0.520. The smallest absolute Gasteiger partial charge is 0.338 e. The quantitative estimate of drug-likeness (QED) is 0.600. The first kappa shape index (κ1) is 23.9. The van der Waals surface area contributed by atoms with Gasteiger partial charge in [-0.15, -0.1) is 0 Å². The number of nitrogens with one attached hydrogen (secondary N) is 1. The molecule has 1 atom stereocenters. The highest BCUT2D eigenvalue weighted by Crippen LogP contribution is 2.37. The fourth-order valence-electron chi connectivity index (χ4n) is 4.77. The molecule has 2 aliphatic rings. The largest absolute Gasteiger partial charge is 0.462 e. The lowest BCUT2D eigenvalue weighted by Gasteiger charge is -2.36. The third-order valence-electron chi connectivity index (χ3n) is 6.78. The minimum atomic E-state index is -0.597. The van der Waals surface area contributed by atoms with Crippen LogP contribution in [0, 0.1) is 11.3 Å². The number of aryl methyl sites for hydroxylation is 1. The Labute approximate surface area is 199 Å². The van der Waals surface area contributed by atoms with E-state index in [9.17, 15) is 14.4 Å². The van der Waals surface area contributed by atoms with Gasteiger partial charge in [0.15, 0.2) is 0 Å². The van der Waals surface area contributed by atoms with Gasteiger partial charge in [0, 0.05) is 37.8 Å². The van der Waals surface area contributed by atoms with Crippen LogP contribution in [0.2, 0.25) is 0 Å². The summed E-state index contributed by atoms with van der Waals surface area (Å²) in [5.41, 5.74) is 8.26. The molecule has 1 fully saturated rings. The molecule has 0 aliphatic carbocycles. The van der Waals surface area contributed by atoms with Crippen molar-refractivity contribution < 1.29 is 23.9 Å². The Morgan fingerprint density at radius 3 is 2.74 bits per heavy atom. The second-order valence-electron chi connectivity index (χ2n) is 9.42. The summed E-state index contributed by atoms with van der Waals surface area (Å²) in [6, 6.07) is 6.18. The van der Waals surface area contributed by atoms with Crippen molar-refractivity contribution >= 4 is 17.8 Å². The van der Waals surface area contributed by atoms with Gasteiger partial charge >= 0.3 is 5.97 Å². The summed E-state index contributed by atoms with van der Waals surface area (Å²) in [5.74, 6) is -1.20. The standard InChI is InChI=1S/C25H32N4O5/c1-3-19-21-20(12-25(15-27-23(21)31)7-9-33-10-8-25)29(28-19)13-16(2)14-34-24(32)18-6-4-5-17(11-18)22(26)30/h4-6,11,16H,3,7-10,12-15H2,1-2H3,(H2,26,30)(H,27,31)/t16-/m1/s1. The van der Waals surface area contributed by atoms with Crippen LogP contribution in [0.3, 0.4) is 0 Å². The van der Waals surface area contributed by atoms with Crippen molar-refractivity contribution in [1.82, 2.24) is 15.1 Å². The Bertz CT molecular complexity index is 1090. The van der Waals surface area contributed by atoms with Crippen molar-refractivity contribution in [2.75, 3.05) is 26.4 Å². The van der Waals surface area contributed by atoms with Crippen molar-refractivity contribution in [3.8, 4) is 0 Å². The van der Waals surface area contributed by atoms with Crippen LogP contribution in [-0.4, -0.2) is 53.9 Å². The molecule has 0 saturated carbocycles. The Kier molecular flexibility index (Phi) is 7.02. The molecule has 3 heterocycles. The maximum Gasteiger partial charge on any atom is 0.338 e. The molecule has 3 N–H and O–H groups in total. The summed E-state index contributed by atoms with van der Waals surface area (Å²) in [5, 5.41) is 7.89. The molecule has 1 saturated heterocycles. The maximum atomic E-state index is 13.0. The highest BCUT2D eigenvalue weighted by molar-refractivity contribution is 5.97. The number of fused-ring (bicyclic) bond motifs is 1. The third kappa shape index (κ3) is 4.99. The van der Waals surface area contributed by atoms with E-state index in [0.29, 0.717) is 38.3 Å². The molecule has 2 amide bonds. The molecule has 9 heteroatoms. The van der Waals surface area contributed by atoms with Gasteiger partial charge in [0.1, 0.15) is 0 Å². The summed E-state index contributed by atoms with van der Waals surface area (Å²) < 4.78 is 13.0. The van der Waals surface area contributed by atoms with Crippen LogP contribution in [0.25, 0.3) is 0 Å². The van der Waals surface area contributed by atoms with Crippen LogP contribution in [-0.2, 0) is 28.9 Å². The van der Waals surface area contributed by atoms with Gasteiger partial charge in [0.2, 0.25) is 5.91 Å². The molecule has 4 rings (SSSR count). The number of aromatic nitrogens is 2. The number of esters is 1. The Morgan fingerprint density at radius 2 is 2.03 bits per heavy atom. The van der Waals surface area contributed by atoms with Crippen LogP contribution in [0.5, 0.6) is 0 Å². The second-order valence-corrected chi connectivity index (χ2v) is 9.42. The molecule has 2 aliphatic heterocycles. The maximum absolute atomic E-state index is 13.0. The molecule has 0 unspecified atom stereocenters. The predicted molar refractivity (Wildman–Crippen MR) is 125 cm³/mol. The van der Waals surface area contributed by atoms with E-state index in [1.165, 1.54) is 6.07 Å². The van der Waals surface area contributed by atoms with E-state index in [1.807, 2.05) is 18.5 Å². The SMILES string of the molecule is CCc1nn(C[C@@H](C)COC(=O)c2cccc(C(N)=O)c2)c2c1C(=O)NCC1(CCOCC1)C2. The summed E-state index contributed by atoms with van der Waals surface area (Å²) >= 11 is 0. The monoisotopic (exact) mass is 468 g/mol. The lowest BCUT2D eigenvalue weighted by atomic mass is 9.76. The van der Waals surface area contributed by atoms with Crippen molar-refractivity contribution in [1.29, 1.82) is 0 Å². The molecular weight excluding hydrogens is 436 g/mol. The van der Waals surface area contributed by atoms with Crippen LogP contribution in [0.1, 0.15) is 69.2 Å². The van der Waals surface area contributed by atoms with E-state index in [1.54, 1.807) is 18.2 Å². The minimum Gasteiger partial charge on any atom is -0.462 e. The van der Waals surface area contributed by atoms with Crippen LogP contribution in [0.15, 0.2) is 24.3 Å². The van der Waals surface area contributed by atoms with Crippen molar-refractivity contribution in [3.63, 3.8) is 0 Å². The Hall–Kier alpha value is -3.20. The number of hydrogen-bond acceptors (Lipinski definition) is 6. The predicted octanol–water partition coefficient (Wildman–Crippen LogP) is 2.12. The van der Waals surface area contributed by atoms with Crippen LogP contribution in [0.4, 0.5) is 0 Å². The van der Waals surface area contributed by atoms with E-state index >= 15 is 0 Å². The molecular formula is C25H32N4O5. The van der Waals surface area contributed by atoms with Gasteiger partial charge in [-0.3, -0.25) is 14.3 Å². The highest BCUT2D eigenvalue weighted by Gasteiger charge is 2.39. The van der Waals surface area contributed by atoms with Crippen molar-refractivity contribution in [3.05, 3.63) is 52.3 Å². The lowest BCUT2D eigenvalue weighted by molar-refractivity contribution is 0.0151. The average Bonchev–Trinajstić information content (AvgIpc) is 3.11. The molecule has 1 aromatic heterocycles. The summed E-state index contributed by atoms with van der Waals surface area (Å²) in [6.07, 6.45) is 3.23. The molecule has 0 radical (unpaired) electrons. The number of nitrogens with zero attached hydrogens (tertiary/aromatic N) is 2. The molecule has 1 aromatic carbocycles. The summed E-state index contributed by atoms with van der Waals surface area (Å²) in [4.78, 5) is 36.8. The second kappa shape index (κ2) is 9.97. The van der Waals surface area contributed by atoms with Gasteiger partial charge in [-0.2, -0.15) is 5.10 Å². The number of carbonyl (C=O) groups is 3. The number of rotatable bonds is 7. The normalized spacial score (nSPS) is 18.0. The zero-order valence-corrected chi connectivity index (χ0v) is 19.8. The summed E-state index contributed by atoms with van der Waals surface area (Å²) in [6.45, 7) is 6.73. The van der Waals surface area contributed by atoms with Crippen LogP contribution >= 0.6 is 0 Å². The van der Waals surface area contributed by atoms with Crippen LogP contribution < -0.4 is 11.1 Å². The number of hydrogen-bond donors (Lipinski definition) is 2. The molecule has 0 bridgehead atoms. The van der Waals surface area contributed by atoms with Gasteiger partial charge in [-0.25, -0.2) is 4.79 Å². The summed E-state index contributed by atoms with van der Waals surface area (Å²) in [7, 11) is 0. The highest BCUT2D eigenvalue weighted by atomic mass is 16.5. The third-order valence-corrected chi connectivity index (χ3v) is 6.78. The van der Waals surface area contributed by atoms with Gasteiger partial charge in [-0.1, -0.05) is 19.9 Å². The number of ether oxygens (including phenoxy) is 2. The number of nitrogens with two attached hydrogens (primary N) is 1. The number of primary amides is 1. The van der Waals surface area contributed by atoms with E-state index in [0.717, 1.165) is 30.7 Å². The van der Waals surface area contributed by atoms with E-state index < -0.39 is 11.9 Å². The molecule has 182 valence electrons. The van der Waals surface area contributed by atoms with Crippen molar-refractivity contribution in [2.45, 2.75) is 46.1 Å². The molecule has 34 heavy (non-hydrogen) atoms. The van der Waals surface area contributed by atoms with Gasteiger partial charge < -0.3 is 20.5 Å². The molecule has 1 spiro atoms. The van der Waals surface area contributed by atoms with Gasteiger partial charge in [-0.05, 0) is 49.3 Å². The number of amides is 2. The number of carbonyl (C=O) groups excluding carboxylic acids is 3. The minimum absolute atomic E-state index is 0.0247. The van der Waals surface area contributed by atoms with E-state index in [4.69, 9.17) is 20.3 Å². The van der Waals surface area contributed by atoms with Gasteiger partial charge in [0.25, 0.3) is 5.91 Å². The average molecular weight is 469 g/mol. The number of benzene rings is 1. The Balaban J connectivity index is 1.48. The zero-order valence-electron chi connectivity index (χ0n) is 19.8. The first-order chi connectivity index (χ1) is 16.3. The Morgan fingerprint density at radius 1 is 1.29 bits per heavy atom. The zero-order chi connectivity index (χ0) is 24.3. The van der Waals surface area contributed by atoms with Gasteiger partial charge in [0.05, 0.1) is 29.1 Å². The fourth-order valence-corrected chi connectivity index (χ4v) is 4.77. The van der Waals surface area contributed by atoms with Crippen molar-refractivity contribution in [2.24, 2.45) is 17.1 Å². The first-order valence-electron chi connectivity index (χ1n) is 11.8. The first-order valence-corrected chi connectivity index (χ1v) is 11.8. The lowest BCUT2D eigenvalue weighted by Crippen LogP contribution is -2.41. The topological polar surface area (TPSA) is 126 Å². The van der Waals surface area contributed by atoms with E-state index in [2.05, 4.69) is 5.32 Å².